The van der Waals surface area contributed by atoms with Gasteiger partial charge in [0.15, 0.2) is 12.2 Å². The number of hydrogen-bond donors (Lipinski definition) is 3. The van der Waals surface area contributed by atoms with Crippen LogP contribution in [0.5, 0.6) is 0 Å². The molecule has 0 aromatic carbocycles. The van der Waals surface area contributed by atoms with E-state index in [0.29, 0.717) is 25.7 Å². The summed E-state index contributed by atoms with van der Waals surface area (Å²) in [6, 6.07) is 0. The third-order valence-corrected chi connectivity index (χ3v) is 20.3. The SMILES string of the molecule is CCCCCCCCCCCCCCCCCCCCCCCCC(=O)O[C@H](COC(=O)CCCCCCCCCCCCCCCCC)COP(=O)(O)OC[C@@H](O)COP(=O)(O)OC[C@@H](COC(=O)CCCCCCCCC)OC(=O)CCCCCCCCCCCCCCC. The van der Waals surface area contributed by atoms with Crippen LogP contribution >= 0.6 is 15.6 Å². The zero-order valence-corrected chi connectivity index (χ0v) is 64.8. The third kappa shape index (κ3) is 72.2. The number of aliphatic hydroxyl groups is 1. The number of aliphatic hydroxyl groups excluding tert-OH is 1. The molecule has 0 aliphatic heterocycles. The summed E-state index contributed by atoms with van der Waals surface area (Å²) in [5.41, 5.74) is 0. The van der Waals surface area contributed by atoms with Crippen molar-refractivity contribution in [2.75, 3.05) is 39.6 Å². The van der Waals surface area contributed by atoms with E-state index < -0.39 is 97.5 Å². The van der Waals surface area contributed by atoms with E-state index in [-0.39, 0.29) is 25.7 Å². The molecule has 0 radical (unpaired) electrons. The standard InChI is InChI=1S/C78H152O17P2/c1-5-9-13-17-21-24-27-30-32-33-34-35-36-37-38-40-43-46-49-53-57-61-65-78(83)95-74(69-89-76(81)63-59-55-51-47-44-42-39-31-28-25-22-18-14-10-6-2)71-93-97(86,87)91-67-72(79)66-90-96(84,85)92-70-73(68-88-75(80)62-58-54-50-20-16-12-8-4)94-77(82)64-60-56-52-48-45-41-29-26-23-19-15-11-7-3/h72-74,79H,5-71H2,1-4H3,(H,84,85)(H,86,87)/t72-,73+,74+/m0/s1. The zero-order valence-electron chi connectivity index (χ0n) is 63.1. The highest BCUT2D eigenvalue weighted by molar-refractivity contribution is 7.47. The van der Waals surface area contributed by atoms with Gasteiger partial charge in [-0.2, -0.15) is 0 Å². The van der Waals surface area contributed by atoms with Gasteiger partial charge in [-0.1, -0.05) is 368 Å². The van der Waals surface area contributed by atoms with Crippen LogP contribution in [0, 0.1) is 0 Å². The summed E-state index contributed by atoms with van der Waals surface area (Å²) in [6.07, 6.45) is 64.0. The molecular formula is C78H152O17P2. The predicted molar refractivity (Wildman–Crippen MR) is 395 cm³/mol. The Kier molecular flexibility index (Phi) is 71.0. The minimum atomic E-state index is -4.96. The van der Waals surface area contributed by atoms with E-state index >= 15 is 0 Å². The van der Waals surface area contributed by atoms with Gasteiger partial charge in [0.05, 0.1) is 26.4 Å². The molecule has 0 spiro atoms. The molecule has 97 heavy (non-hydrogen) atoms. The number of rotatable bonds is 79. The van der Waals surface area contributed by atoms with E-state index in [4.69, 9.17) is 37.0 Å². The summed E-state index contributed by atoms with van der Waals surface area (Å²) in [5, 5.41) is 10.6. The van der Waals surface area contributed by atoms with Crippen LogP contribution in [0.1, 0.15) is 419 Å². The molecule has 0 aliphatic carbocycles. The van der Waals surface area contributed by atoms with Gasteiger partial charge >= 0.3 is 39.5 Å². The van der Waals surface area contributed by atoms with Gasteiger partial charge < -0.3 is 33.8 Å². The van der Waals surface area contributed by atoms with Crippen molar-refractivity contribution in [3.63, 3.8) is 0 Å². The molecule has 0 bridgehead atoms. The molecule has 0 amide bonds. The van der Waals surface area contributed by atoms with Crippen molar-refractivity contribution in [3.05, 3.63) is 0 Å². The molecular weight excluding hydrogens is 1270 g/mol. The molecule has 0 saturated carbocycles. The van der Waals surface area contributed by atoms with Crippen LogP contribution in [0.3, 0.4) is 0 Å². The number of unbranched alkanes of at least 4 members (excludes halogenated alkanes) is 53. The molecule has 0 heterocycles. The van der Waals surface area contributed by atoms with Gasteiger partial charge in [-0.3, -0.25) is 37.3 Å². The first-order chi connectivity index (χ1) is 47.2. The summed E-state index contributed by atoms with van der Waals surface area (Å²) >= 11 is 0. The summed E-state index contributed by atoms with van der Waals surface area (Å²) in [4.78, 5) is 72.7. The molecule has 0 rings (SSSR count). The Morgan fingerprint density at radius 2 is 0.412 bits per heavy atom. The fourth-order valence-corrected chi connectivity index (χ4v) is 13.7. The molecule has 17 nitrogen and oxygen atoms in total. The average molecular weight is 1420 g/mol. The lowest BCUT2D eigenvalue weighted by atomic mass is 10.0. The van der Waals surface area contributed by atoms with E-state index in [1.165, 1.54) is 238 Å². The Morgan fingerprint density at radius 1 is 0.247 bits per heavy atom. The third-order valence-electron chi connectivity index (χ3n) is 18.4. The second-order valence-corrected chi connectivity index (χ2v) is 31.0. The molecule has 19 heteroatoms. The molecule has 0 fully saturated rings. The Morgan fingerprint density at radius 3 is 0.608 bits per heavy atom. The van der Waals surface area contributed by atoms with Crippen molar-refractivity contribution < 1.29 is 80.2 Å². The molecule has 0 aromatic heterocycles. The number of esters is 4. The lowest BCUT2D eigenvalue weighted by molar-refractivity contribution is -0.161. The van der Waals surface area contributed by atoms with Gasteiger partial charge in [-0.05, 0) is 25.7 Å². The highest BCUT2D eigenvalue weighted by atomic mass is 31.2. The van der Waals surface area contributed by atoms with Gasteiger partial charge in [-0.25, -0.2) is 9.13 Å². The molecule has 5 atom stereocenters. The summed E-state index contributed by atoms with van der Waals surface area (Å²) < 4.78 is 68.5. The van der Waals surface area contributed by atoms with Crippen LogP contribution in [-0.4, -0.2) is 96.7 Å². The summed E-state index contributed by atoms with van der Waals surface area (Å²) in [7, 11) is -9.91. The first kappa shape index (κ1) is 95.1. The predicted octanol–water partition coefficient (Wildman–Crippen LogP) is 23.4. The average Bonchev–Trinajstić information content (AvgIpc) is 1.08. The van der Waals surface area contributed by atoms with Crippen LogP contribution in [0.2, 0.25) is 0 Å². The Bertz CT molecular complexity index is 1840. The first-order valence-corrected chi connectivity index (χ1v) is 43.8. The van der Waals surface area contributed by atoms with Gasteiger partial charge in [-0.15, -0.1) is 0 Å². The number of carbonyl (C=O) groups is 4. The highest BCUT2D eigenvalue weighted by Gasteiger charge is 2.30. The van der Waals surface area contributed by atoms with Gasteiger partial charge in [0, 0.05) is 25.7 Å². The minimum Gasteiger partial charge on any atom is -0.462 e. The van der Waals surface area contributed by atoms with Crippen LogP contribution in [0.25, 0.3) is 0 Å². The maximum Gasteiger partial charge on any atom is 0.472 e. The maximum atomic E-state index is 13.1. The number of ether oxygens (including phenoxy) is 4. The summed E-state index contributed by atoms with van der Waals surface area (Å²) in [5.74, 6) is -2.11. The minimum absolute atomic E-state index is 0.108. The lowest BCUT2D eigenvalue weighted by Crippen LogP contribution is -2.30. The number of phosphoric ester groups is 2. The first-order valence-electron chi connectivity index (χ1n) is 40.8. The topological polar surface area (TPSA) is 237 Å². The van der Waals surface area contributed by atoms with Crippen LogP contribution in [0.4, 0.5) is 0 Å². The summed E-state index contributed by atoms with van der Waals surface area (Å²) in [6.45, 7) is 4.96. The van der Waals surface area contributed by atoms with Crippen LogP contribution in [0.15, 0.2) is 0 Å². The molecule has 2 unspecified atom stereocenters. The van der Waals surface area contributed by atoms with Gasteiger partial charge in [0.1, 0.15) is 19.3 Å². The molecule has 0 aromatic rings. The van der Waals surface area contributed by atoms with E-state index in [2.05, 4.69) is 27.7 Å². The van der Waals surface area contributed by atoms with Gasteiger partial charge in [0.2, 0.25) is 0 Å². The van der Waals surface area contributed by atoms with Crippen molar-refractivity contribution in [1.29, 1.82) is 0 Å². The number of phosphoric acid groups is 2. The van der Waals surface area contributed by atoms with Crippen molar-refractivity contribution in [1.82, 2.24) is 0 Å². The largest absolute Gasteiger partial charge is 0.472 e. The number of hydrogen-bond acceptors (Lipinski definition) is 15. The Hall–Kier alpha value is -1.94. The second kappa shape index (κ2) is 72.4. The van der Waals surface area contributed by atoms with Crippen LogP contribution < -0.4 is 0 Å². The fraction of sp³-hybridized carbons (Fsp3) is 0.949. The van der Waals surface area contributed by atoms with Crippen molar-refractivity contribution in [2.45, 2.75) is 438 Å². The van der Waals surface area contributed by atoms with Crippen molar-refractivity contribution in [3.8, 4) is 0 Å². The smallest absolute Gasteiger partial charge is 0.462 e. The number of carbonyl (C=O) groups excluding carboxylic acids is 4. The highest BCUT2D eigenvalue weighted by Crippen LogP contribution is 2.45. The fourth-order valence-electron chi connectivity index (χ4n) is 12.1. The van der Waals surface area contributed by atoms with E-state index in [1.807, 2.05) is 0 Å². The van der Waals surface area contributed by atoms with Crippen molar-refractivity contribution >= 4 is 39.5 Å². The van der Waals surface area contributed by atoms with Gasteiger partial charge in [0.25, 0.3) is 0 Å². The molecule has 3 N–H and O–H groups in total. The molecule has 0 aliphatic rings. The normalized spacial score (nSPS) is 13.8. The van der Waals surface area contributed by atoms with E-state index in [9.17, 15) is 43.2 Å². The monoisotopic (exact) mass is 1420 g/mol. The second-order valence-electron chi connectivity index (χ2n) is 28.1. The Balaban J connectivity index is 5.15. The van der Waals surface area contributed by atoms with E-state index in [0.717, 1.165) is 103 Å². The Labute approximate surface area is 594 Å². The quantitative estimate of drug-likeness (QED) is 0.0222. The molecule has 576 valence electrons. The maximum absolute atomic E-state index is 13.1. The van der Waals surface area contributed by atoms with Crippen LogP contribution in [-0.2, 0) is 65.4 Å². The van der Waals surface area contributed by atoms with Crippen molar-refractivity contribution in [2.24, 2.45) is 0 Å². The molecule has 0 saturated heterocycles. The van der Waals surface area contributed by atoms with E-state index in [1.54, 1.807) is 0 Å². The lowest BCUT2D eigenvalue weighted by Gasteiger charge is -2.21. The zero-order chi connectivity index (χ0) is 71.1.